The van der Waals surface area contributed by atoms with E-state index >= 15 is 0 Å². The number of hydrogen-bond acceptors (Lipinski definition) is 7. The Morgan fingerprint density at radius 2 is 2.03 bits per heavy atom. The summed E-state index contributed by atoms with van der Waals surface area (Å²) < 4.78 is 6.95. The first kappa shape index (κ1) is 21.5. The Hall–Kier alpha value is -3.18. The quantitative estimate of drug-likeness (QED) is 0.485. The fraction of sp³-hybridized carbons (Fsp3) is 0.389. The molecule has 2 aliphatic rings. The lowest BCUT2D eigenvalue weighted by molar-refractivity contribution is -0.545. The van der Waals surface area contributed by atoms with Gasteiger partial charge in [0.1, 0.15) is 18.5 Å². The molecular weight excluding hydrogens is 418 g/mol. The number of carbonyl (C=O) groups is 3. The van der Waals surface area contributed by atoms with Gasteiger partial charge in [-0.1, -0.05) is 28.7 Å². The van der Waals surface area contributed by atoms with Crippen LogP contribution in [0.3, 0.4) is 0 Å². The van der Waals surface area contributed by atoms with Crippen molar-refractivity contribution in [3.63, 3.8) is 0 Å². The number of fused-ring (bicyclic) bond motifs is 1. The average molecular weight is 439 g/mol. The molecule has 0 spiro atoms. The zero-order valence-electron chi connectivity index (χ0n) is 16.3. The van der Waals surface area contributed by atoms with Gasteiger partial charge in [0, 0.05) is 14.1 Å². The number of aliphatic imine (C=N–C) groups is 1. The largest absolute Gasteiger partial charge is 0.489 e. The number of aliphatic hydroxyl groups is 1. The second-order valence-corrected chi connectivity index (χ2v) is 7.14. The Bertz CT molecular complexity index is 949. The van der Waals surface area contributed by atoms with Gasteiger partial charge in [-0.2, -0.15) is 0 Å². The Kier molecular flexibility index (Phi) is 6.22. The van der Waals surface area contributed by atoms with Crippen LogP contribution in [0.2, 0.25) is 5.02 Å². The van der Waals surface area contributed by atoms with E-state index in [0.717, 1.165) is 4.90 Å². The number of aliphatic hydroxyl groups excluding tert-OH is 1. The molecular formula is C18H21ClN5O6+. The fourth-order valence-electron chi connectivity index (χ4n) is 3.11. The molecule has 1 aromatic carbocycles. The van der Waals surface area contributed by atoms with Crippen molar-refractivity contribution >= 4 is 41.3 Å². The normalized spacial score (nSPS) is 19.6. The van der Waals surface area contributed by atoms with E-state index < -0.39 is 36.6 Å². The van der Waals surface area contributed by atoms with Crippen LogP contribution in [0.4, 0.5) is 4.79 Å². The van der Waals surface area contributed by atoms with E-state index in [2.05, 4.69) is 10.3 Å². The van der Waals surface area contributed by atoms with Gasteiger partial charge >= 0.3 is 18.0 Å². The van der Waals surface area contributed by atoms with Crippen LogP contribution in [0.25, 0.3) is 0 Å². The summed E-state index contributed by atoms with van der Waals surface area (Å²) in [5.74, 6) is -1.06. The van der Waals surface area contributed by atoms with Crippen LogP contribution in [0.5, 0.6) is 5.75 Å². The van der Waals surface area contributed by atoms with Gasteiger partial charge in [0.15, 0.2) is 6.54 Å². The number of carboxylic acid groups (broad SMARTS) is 1. The lowest BCUT2D eigenvalue weighted by atomic mass is 10.1. The SMILES string of the molecule is CN1C(=O)C2C(=NC(NCC(=O)O)=[N+]2CC(O)COc2ccccc2Cl)N(C)C1=O. The molecule has 160 valence electrons. The number of likely N-dealkylation sites (N-methyl/N-ethyl adjacent to an activating group) is 2. The summed E-state index contributed by atoms with van der Waals surface area (Å²) >= 11 is 6.04. The van der Waals surface area contributed by atoms with E-state index in [0.29, 0.717) is 10.8 Å². The molecule has 1 fully saturated rings. The number of ether oxygens (including phenoxy) is 1. The number of benzene rings is 1. The third-order valence-electron chi connectivity index (χ3n) is 4.60. The van der Waals surface area contributed by atoms with Gasteiger partial charge in [0.05, 0.1) is 11.6 Å². The fourth-order valence-corrected chi connectivity index (χ4v) is 3.30. The summed E-state index contributed by atoms with van der Waals surface area (Å²) in [6.07, 6.45) is -1.07. The van der Waals surface area contributed by atoms with Gasteiger partial charge in [0.25, 0.3) is 5.91 Å². The number of carboxylic acids is 1. The molecule has 3 N–H and O–H groups in total. The predicted molar refractivity (Wildman–Crippen MR) is 106 cm³/mol. The maximum Gasteiger partial charge on any atom is 0.390 e. The van der Waals surface area contributed by atoms with Crippen LogP contribution < -0.4 is 10.1 Å². The zero-order valence-corrected chi connectivity index (χ0v) is 17.0. The molecule has 0 saturated carbocycles. The van der Waals surface area contributed by atoms with Gasteiger partial charge in [-0.15, -0.1) is 0 Å². The van der Waals surface area contributed by atoms with Crippen molar-refractivity contribution in [3.8, 4) is 5.75 Å². The van der Waals surface area contributed by atoms with E-state index in [1.807, 2.05) is 0 Å². The first-order chi connectivity index (χ1) is 14.2. The second-order valence-electron chi connectivity index (χ2n) is 6.73. The standard InChI is InChI=1S/C18H20ClN5O6/c1-22-15-14(16(28)23(2)18(22)29)24(17(21-15)20-7-13(26)27)8-10(25)9-30-12-6-4-3-5-11(12)19/h3-6,10,14,25H,7-9H2,1-2H3,(H,26,27)/p+1. The van der Waals surface area contributed by atoms with Crippen LogP contribution in [0, 0.1) is 0 Å². The second kappa shape index (κ2) is 8.67. The average Bonchev–Trinajstić information content (AvgIpc) is 3.06. The molecule has 1 saturated heterocycles. The van der Waals surface area contributed by atoms with Gasteiger partial charge in [-0.05, 0) is 12.1 Å². The van der Waals surface area contributed by atoms with Gasteiger partial charge in [-0.3, -0.25) is 19.9 Å². The van der Waals surface area contributed by atoms with Crippen LogP contribution in [0.1, 0.15) is 0 Å². The Morgan fingerprint density at radius 3 is 2.70 bits per heavy atom. The Morgan fingerprint density at radius 1 is 1.33 bits per heavy atom. The highest BCUT2D eigenvalue weighted by atomic mass is 35.5. The molecule has 1 aromatic rings. The molecule has 0 aromatic heterocycles. The molecule has 2 aliphatic heterocycles. The molecule has 12 heteroatoms. The predicted octanol–water partition coefficient (Wildman–Crippen LogP) is -0.573. The molecule has 3 amide bonds. The van der Waals surface area contributed by atoms with Crippen molar-refractivity contribution < 1.29 is 33.9 Å². The molecule has 2 heterocycles. The van der Waals surface area contributed by atoms with E-state index in [4.69, 9.17) is 21.4 Å². The number of β-amino-alcohol motifs (C(OH)–C–C–N with tert-alkyl or cyclic N) is 1. The van der Waals surface area contributed by atoms with Gasteiger partial charge in [-0.25, -0.2) is 14.2 Å². The third kappa shape index (κ3) is 4.21. The van der Waals surface area contributed by atoms with E-state index in [1.54, 1.807) is 24.3 Å². The number of nitrogens with zero attached hydrogens (tertiary/aromatic N) is 4. The van der Waals surface area contributed by atoms with Crippen LogP contribution in [-0.2, 0) is 9.59 Å². The number of carbonyl (C=O) groups excluding carboxylic acids is 2. The van der Waals surface area contributed by atoms with Crippen molar-refractivity contribution in [3.05, 3.63) is 29.3 Å². The summed E-state index contributed by atoms with van der Waals surface area (Å²) in [6, 6.07) is 5.24. The van der Waals surface area contributed by atoms with Gasteiger partial charge in [0.2, 0.25) is 11.9 Å². The summed E-state index contributed by atoms with van der Waals surface area (Å²) in [6.45, 7) is -0.692. The molecule has 0 aliphatic carbocycles. The summed E-state index contributed by atoms with van der Waals surface area (Å²) in [5.41, 5.74) is 0. The topological polar surface area (TPSA) is 135 Å². The number of para-hydroxylation sites is 1. The monoisotopic (exact) mass is 438 g/mol. The van der Waals surface area contributed by atoms with E-state index in [1.165, 1.54) is 23.6 Å². The zero-order chi connectivity index (χ0) is 22.0. The number of nitrogens with one attached hydrogen (secondary N) is 1. The number of aliphatic carboxylic acids is 1. The molecule has 0 radical (unpaired) electrons. The molecule has 2 atom stereocenters. The van der Waals surface area contributed by atoms with Crippen LogP contribution in [0.15, 0.2) is 29.3 Å². The number of urea groups is 1. The van der Waals surface area contributed by atoms with Crippen molar-refractivity contribution in [2.24, 2.45) is 4.99 Å². The van der Waals surface area contributed by atoms with Crippen LogP contribution >= 0.6 is 11.6 Å². The number of rotatable bonds is 7. The number of imide groups is 1. The smallest absolute Gasteiger partial charge is 0.390 e. The Balaban J connectivity index is 1.80. The summed E-state index contributed by atoms with van der Waals surface area (Å²) in [7, 11) is 2.81. The number of hydrogen-bond donors (Lipinski definition) is 3. The van der Waals surface area contributed by atoms with Crippen molar-refractivity contribution in [2.45, 2.75) is 12.1 Å². The highest BCUT2D eigenvalue weighted by molar-refractivity contribution is 6.32. The minimum absolute atomic E-state index is 0.0671. The molecule has 2 unspecified atom stereocenters. The van der Waals surface area contributed by atoms with Gasteiger partial charge < -0.3 is 14.9 Å². The minimum atomic E-state index is -1.13. The van der Waals surface area contributed by atoms with Crippen molar-refractivity contribution in [1.82, 2.24) is 15.1 Å². The minimum Gasteiger partial charge on any atom is -0.489 e. The van der Waals surface area contributed by atoms with E-state index in [-0.39, 0.29) is 24.9 Å². The maximum absolute atomic E-state index is 12.7. The van der Waals surface area contributed by atoms with E-state index in [9.17, 15) is 19.5 Å². The highest BCUT2D eigenvalue weighted by Gasteiger charge is 2.51. The van der Waals surface area contributed by atoms with Crippen LogP contribution in [-0.4, -0.2) is 100 Å². The lowest BCUT2D eigenvalue weighted by Crippen LogP contribution is -2.62. The number of amides is 3. The number of guanidine groups is 1. The maximum atomic E-state index is 12.7. The first-order valence-electron chi connectivity index (χ1n) is 8.99. The molecule has 0 bridgehead atoms. The third-order valence-corrected chi connectivity index (χ3v) is 4.92. The molecule has 11 nitrogen and oxygen atoms in total. The number of amidine groups is 1. The van der Waals surface area contributed by atoms with Crippen molar-refractivity contribution in [2.75, 3.05) is 33.8 Å². The highest BCUT2D eigenvalue weighted by Crippen LogP contribution is 2.23. The molecule has 3 rings (SSSR count). The number of halogens is 1. The lowest BCUT2D eigenvalue weighted by Gasteiger charge is -2.32. The van der Waals surface area contributed by atoms with Crippen molar-refractivity contribution in [1.29, 1.82) is 0 Å². The molecule has 30 heavy (non-hydrogen) atoms. The Labute approximate surface area is 176 Å². The first-order valence-corrected chi connectivity index (χ1v) is 9.37. The summed E-state index contributed by atoms with van der Waals surface area (Å²) in [4.78, 5) is 42.3. The summed E-state index contributed by atoms with van der Waals surface area (Å²) in [5, 5.41) is 22.5.